The van der Waals surface area contributed by atoms with Gasteiger partial charge in [0, 0.05) is 46.2 Å². The molecule has 0 aliphatic carbocycles. The summed E-state index contributed by atoms with van der Waals surface area (Å²) in [7, 11) is 5.65. The molecule has 1 rings (SSSR count). The number of amides is 1. The van der Waals surface area contributed by atoms with E-state index in [0.717, 1.165) is 13.1 Å². The standard InChI is InChI=1S/C13H28N4O/c1-15(2)13(18)10-12(11-14)16(3)8-9-17-6-4-5-7-17/h12H,4-11,14H2,1-3H3. The van der Waals surface area contributed by atoms with Crippen LogP contribution in [0.4, 0.5) is 0 Å². The monoisotopic (exact) mass is 256 g/mol. The molecule has 0 saturated carbocycles. The van der Waals surface area contributed by atoms with Gasteiger partial charge in [0.2, 0.25) is 5.91 Å². The molecule has 1 fully saturated rings. The van der Waals surface area contributed by atoms with Crippen molar-refractivity contribution >= 4 is 5.91 Å². The van der Waals surface area contributed by atoms with E-state index in [4.69, 9.17) is 5.73 Å². The Morgan fingerprint density at radius 3 is 2.39 bits per heavy atom. The molecule has 5 heteroatoms. The average Bonchev–Trinajstić information content (AvgIpc) is 2.85. The Morgan fingerprint density at radius 2 is 1.89 bits per heavy atom. The van der Waals surface area contributed by atoms with Gasteiger partial charge in [0.05, 0.1) is 0 Å². The number of hydrogen-bond acceptors (Lipinski definition) is 4. The molecule has 5 nitrogen and oxygen atoms in total. The molecule has 0 bridgehead atoms. The zero-order chi connectivity index (χ0) is 13.5. The lowest BCUT2D eigenvalue weighted by Gasteiger charge is -2.29. The Hall–Kier alpha value is -0.650. The highest BCUT2D eigenvalue weighted by Gasteiger charge is 2.19. The van der Waals surface area contributed by atoms with Crippen molar-refractivity contribution in [3.63, 3.8) is 0 Å². The Kier molecular flexibility index (Phi) is 6.60. The van der Waals surface area contributed by atoms with Gasteiger partial charge in [-0.3, -0.25) is 4.79 Å². The van der Waals surface area contributed by atoms with E-state index in [1.165, 1.54) is 25.9 Å². The van der Waals surface area contributed by atoms with Crippen LogP contribution >= 0.6 is 0 Å². The molecular formula is C13H28N4O. The fourth-order valence-electron chi connectivity index (χ4n) is 2.29. The summed E-state index contributed by atoms with van der Waals surface area (Å²) in [5, 5.41) is 0. The van der Waals surface area contributed by atoms with E-state index in [1.54, 1.807) is 19.0 Å². The van der Waals surface area contributed by atoms with Gasteiger partial charge in [0.15, 0.2) is 0 Å². The largest absolute Gasteiger partial charge is 0.349 e. The molecule has 1 unspecified atom stereocenters. The molecule has 2 N–H and O–H groups in total. The van der Waals surface area contributed by atoms with Crippen LogP contribution < -0.4 is 5.73 Å². The third-order valence-electron chi connectivity index (χ3n) is 3.77. The first-order valence-corrected chi connectivity index (χ1v) is 6.87. The molecule has 1 heterocycles. The minimum absolute atomic E-state index is 0.151. The van der Waals surface area contributed by atoms with Gasteiger partial charge in [-0.1, -0.05) is 0 Å². The number of hydrogen-bond donors (Lipinski definition) is 1. The molecule has 0 radical (unpaired) electrons. The van der Waals surface area contributed by atoms with Gasteiger partial charge in [-0.05, 0) is 33.0 Å². The minimum atomic E-state index is 0.151. The summed E-state index contributed by atoms with van der Waals surface area (Å²) in [5.74, 6) is 0.151. The molecule has 1 atom stereocenters. The van der Waals surface area contributed by atoms with Crippen LogP contribution in [-0.4, -0.2) is 80.5 Å². The zero-order valence-corrected chi connectivity index (χ0v) is 12.1. The Labute approximate surface area is 111 Å². The van der Waals surface area contributed by atoms with Crippen LogP contribution in [-0.2, 0) is 4.79 Å². The van der Waals surface area contributed by atoms with E-state index < -0.39 is 0 Å². The van der Waals surface area contributed by atoms with Crippen molar-refractivity contribution in [1.82, 2.24) is 14.7 Å². The first-order chi connectivity index (χ1) is 8.54. The zero-order valence-electron chi connectivity index (χ0n) is 12.1. The van der Waals surface area contributed by atoms with Crippen molar-refractivity contribution in [2.24, 2.45) is 5.73 Å². The number of carbonyl (C=O) groups is 1. The molecule has 18 heavy (non-hydrogen) atoms. The first-order valence-electron chi connectivity index (χ1n) is 6.87. The summed E-state index contributed by atoms with van der Waals surface area (Å²) in [4.78, 5) is 18.1. The van der Waals surface area contributed by atoms with Crippen molar-refractivity contribution in [2.75, 3.05) is 53.9 Å². The lowest BCUT2D eigenvalue weighted by atomic mass is 10.1. The smallest absolute Gasteiger partial charge is 0.223 e. The number of likely N-dealkylation sites (tertiary alicyclic amines) is 1. The van der Waals surface area contributed by atoms with Gasteiger partial charge in [0.1, 0.15) is 0 Å². The summed E-state index contributed by atoms with van der Waals surface area (Å²) >= 11 is 0. The van der Waals surface area contributed by atoms with Gasteiger partial charge in [-0.25, -0.2) is 0 Å². The molecule has 106 valence electrons. The lowest BCUT2D eigenvalue weighted by molar-refractivity contribution is -0.129. The summed E-state index contributed by atoms with van der Waals surface area (Å²) in [6.07, 6.45) is 3.16. The maximum Gasteiger partial charge on any atom is 0.223 e. The summed E-state index contributed by atoms with van der Waals surface area (Å²) in [6, 6.07) is 0.155. The van der Waals surface area contributed by atoms with Crippen LogP contribution in [0.2, 0.25) is 0 Å². The van der Waals surface area contributed by atoms with E-state index in [1.807, 2.05) is 0 Å². The normalized spacial score (nSPS) is 18.3. The maximum atomic E-state index is 11.7. The third-order valence-corrected chi connectivity index (χ3v) is 3.77. The topological polar surface area (TPSA) is 52.8 Å². The quantitative estimate of drug-likeness (QED) is 0.686. The molecule has 1 aliphatic rings. The number of nitrogens with zero attached hydrogens (tertiary/aromatic N) is 3. The average molecular weight is 256 g/mol. The number of rotatable bonds is 7. The molecule has 1 saturated heterocycles. The molecule has 0 spiro atoms. The van der Waals surface area contributed by atoms with E-state index in [2.05, 4.69) is 16.8 Å². The molecule has 0 aromatic carbocycles. The second-order valence-electron chi connectivity index (χ2n) is 5.41. The summed E-state index contributed by atoms with van der Waals surface area (Å²) in [5.41, 5.74) is 5.78. The van der Waals surface area contributed by atoms with E-state index in [-0.39, 0.29) is 11.9 Å². The van der Waals surface area contributed by atoms with Crippen LogP contribution in [0.15, 0.2) is 0 Å². The van der Waals surface area contributed by atoms with Crippen molar-refractivity contribution in [3.05, 3.63) is 0 Å². The Morgan fingerprint density at radius 1 is 1.28 bits per heavy atom. The number of nitrogens with two attached hydrogens (primary N) is 1. The van der Waals surface area contributed by atoms with Gasteiger partial charge in [-0.2, -0.15) is 0 Å². The minimum Gasteiger partial charge on any atom is -0.349 e. The van der Waals surface area contributed by atoms with Gasteiger partial charge in [-0.15, -0.1) is 0 Å². The van der Waals surface area contributed by atoms with Crippen LogP contribution in [0, 0.1) is 0 Å². The molecular weight excluding hydrogens is 228 g/mol. The van der Waals surface area contributed by atoms with Crippen molar-refractivity contribution in [2.45, 2.75) is 25.3 Å². The first kappa shape index (κ1) is 15.4. The molecule has 0 aromatic heterocycles. The SMILES string of the molecule is CN(C)C(=O)CC(CN)N(C)CCN1CCCC1. The predicted molar refractivity (Wildman–Crippen MR) is 74.5 cm³/mol. The van der Waals surface area contributed by atoms with Crippen LogP contribution in [0.1, 0.15) is 19.3 Å². The van der Waals surface area contributed by atoms with Gasteiger partial charge in [0.25, 0.3) is 0 Å². The second-order valence-corrected chi connectivity index (χ2v) is 5.41. The summed E-state index contributed by atoms with van der Waals surface area (Å²) < 4.78 is 0. The second kappa shape index (κ2) is 7.71. The number of likely N-dealkylation sites (N-methyl/N-ethyl adjacent to an activating group) is 1. The fraction of sp³-hybridized carbons (Fsp3) is 0.923. The number of carbonyl (C=O) groups excluding carboxylic acids is 1. The molecule has 1 amide bonds. The molecule has 0 aromatic rings. The van der Waals surface area contributed by atoms with E-state index >= 15 is 0 Å². The highest BCUT2D eigenvalue weighted by Crippen LogP contribution is 2.08. The highest BCUT2D eigenvalue weighted by molar-refractivity contribution is 5.76. The van der Waals surface area contributed by atoms with Crippen LogP contribution in [0.5, 0.6) is 0 Å². The lowest BCUT2D eigenvalue weighted by Crippen LogP contribution is -2.44. The molecule has 1 aliphatic heterocycles. The van der Waals surface area contributed by atoms with E-state index in [9.17, 15) is 4.79 Å². The predicted octanol–water partition coefficient (Wildman–Crippen LogP) is -0.180. The fourth-order valence-corrected chi connectivity index (χ4v) is 2.29. The van der Waals surface area contributed by atoms with Crippen molar-refractivity contribution in [1.29, 1.82) is 0 Å². The van der Waals surface area contributed by atoms with Crippen LogP contribution in [0.25, 0.3) is 0 Å². The van der Waals surface area contributed by atoms with Crippen LogP contribution in [0.3, 0.4) is 0 Å². The van der Waals surface area contributed by atoms with Crippen molar-refractivity contribution in [3.8, 4) is 0 Å². The highest BCUT2D eigenvalue weighted by atomic mass is 16.2. The van der Waals surface area contributed by atoms with Gasteiger partial charge < -0.3 is 20.4 Å². The van der Waals surface area contributed by atoms with E-state index in [0.29, 0.717) is 13.0 Å². The Balaban J connectivity index is 2.31. The maximum absolute atomic E-state index is 11.7. The third kappa shape index (κ3) is 4.92. The van der Waals surface area contributed by atoms with Gasteiger partial charge >= 0.3 is 0 Å². The van der Waals surface area contributed by atoms with Crippen molar-refractivity contribution < 1.29 is 4.79 Å². The summed E-state index contributed by atoms with van der Waals surface area (Å²) in [6.45, 7) is 5.05. The Bertz CT molecular complexity index is 251.